The molecule has 2 aromatic rings. The molecule has 0 spiro atoms. The van der Waals surface area contributed by atoms with Crippen LogP contribution in [0, 0.1) is 0 Å². The van der Waals surface area contributed by atoms with E-state index in [-0.39, 0.29) is 5.41 Å². The summed E-state index contributed by atoms with van der Waals surface area (Å²) in [6.07, 6.45) is 3.40. The number of hydrogen-bond donors (Lipinski definition) is 2. The molecule has 2 N–H and O–H groups in total. The SMILES string of the molecule is CN=C(NCCc1cccs1)NCC1(c2ccccc2OC)CC1. The molecule has 0 saturated heterocycles. The molecular formula is C19H25N3OS. The van der Waals surface area contributed by atoms with Crippen molar-refractivity contribution >= 4 is 17.3 Å². The topological polar surface area (TPSA) is 45.7 Å². The van der Waals surface area contributed by atoms with Crippen molar-refractivity contribution in [2.24, 2.45) is 4.99 Å². The predicted octanol–water partition coefficient (Wildman–Crippen LogP) is 3.20. The zero-order valence-corrected chi connectivity index (χ0v) is 15.2. The highest BCUT2D eigenvalue weighted by Gasteiger charge is 2.45. The number of para-hydroxylation sites is 1. The van der Waals surface area contributed by atoms with Crippen LogP contribution < -0.4 is 15.4 Å². The molecule has 0 amide bonds. The Labute approximate surface area is 148 Å². The van der Waals surface area contributed by atoms with Crippen molar-refractivity contribution in [3.8, 4) is 5.75 Å². The van der Waals surface area contributed by atoms with Gasteiger partial charge in [-0.25, -0.2) is 0 Å². The Bertz CT molecular complexity index is 678. The van der Waals surface area contributed by atoms with E-state index in [2.05, 4.69) is 45.3 Å². The van der Waals surface area contributed by atoms with Gasteiger partial charge in [-0.2, -0.15) is 0 Å². The van der Waals surface area contributed by atoms with Gasteiger partial charge in [-0.1, -0.05) is 24.3 Å². The molecule has 24 heavy (non-hydrogen) atoms. The van der Waals surface area contributed by atoms with E-state index in [1.54, 1.807) is 18.4 Å². The first kappa shape index (κ1) is 16.8. The van der Waals surface area contributed by atoms with Crippen molar-refractivity contribution in [1.29, 1.82) is 0 Å². The smallest absolute Gasteiger partial charge is 0.191 e. The first-order valence-corrected chi connectivity index (χ1v) is 9.26. The van der Waals surface area contributed by atoms with E-state index < -0.39 is 0 Å². The Balaban J connectivity index is 1.53. The Morgan fingerprint density at radius 1 is 1.21 bits per heavy atom. The van der Waals surface area contributed by atoms with Crippen LogP contribution in [-0.2, 0) is 11.8 Å². The fraction of sp³-hybridized carbons (Fsp3) is 0.421. The molecule has 128 valence electrons. The molecule has 3 rings (SSSR count). The van der Waals surface area contributed by atoms with Gasteiger partial charge in [-0.05, 0) is 36.8 Å². The van der Waals surface area contributed by atoms with E-state index in [1.165, 1.54) is 23.3 Å². The number of nitrogens with one attached hydrogen (secondary N) is 2. The summed E-state index contributed by atoms with van der Waals surface area (Å²) in [5.41, 5.74) is 1.48. The third kappa shape index (κ3) is 3.90. The van der Waals surface area contributed by atoms with E-state index in [9.17, 15) is 0 Å². The van der Waals surface area contributed by atoms with Gasteiger partial charge in [0.05, 0.1) is 7.11 Å². The lowest BCUT2D eigenvalue weighted by molar-refractivity contribution is 0.403. The maximum absolute atomic E-state index is 5.54. The van der Waals surface area contributed by atoms with E-state index in [1.807, 2.05) is 19.2 Å². The third-order valence-corrected chi connectivity index (χ3v) is 5.53. The number of hydrogen-bond acceptors (Lipinski definition) is 3. The second kappa shape index (κ2) is 7.71. The average molecular weight is 343 g/mol. The molecule has 0 aliphatic heterocycles. The number of benzene rings is 1. The van der Waals surface area contributed by atoms with Crippen LogP contribution in [0.1, 0.15) is 23.3 Å². The molecule has 1 aromatic carbocycles. The zero-order chi connectivity index (χ0) is 16.8. The molecule has 1 heterocycles. The van der Waals surface area contributed by atoms with Gasteiger partial charge in [0, 0.05) is 36.0 Å². The molecule has 5 heteroatoms. The Morgan fingerprint density at radius 2 is 2.04 bits per heavy atom. The van der Waals surface area contributed by atoms with Crippen molar-refractivity contribution in [3.63, 3.8) is 0 Å². The van der Waals surface area contributed by atoms with Crippen LogP contribution in [0.15, 0.2) is 46.8 Å². The highest BCUT2D eigenvalue weighted by atomic mass is 32.1. The second-order valence-electron chi connectivity index (χ2n) is 6.16. The molecule has 1 saturated carbocycles. The van der Waals surface area contributed by atoms with Crippen LogP contribution in [0.3, 0.4) is 0 Å². The summed E-state index contributed by atoms with van der Waals surface area (Å²) in [6.45, 7) is 1.77. The quantitative estimate of drug-likeness (QED) is 0.599. The van der Waals surface area contributed by atoms with Crippen LogP contribution in [0.5, 0.6) is 5.75 Å². The summed E-state index contributed by atoms with van der Waals surface area (Å²) >= 11 is 1.80. The van der Waals surface area contributed by atoms with Crippen LogP contribution in [0.25, 0.3) is 0 Å². The molecule has 0 atom stereocenters. The van der Waals surface area contributed by atoms with Gasteiger partial charge in [0.15, 0.2) is 5.96 Å². The first-order valence-electron chi connectivity index (χ1n) is 8.38. The summed E-state index contributed by atoms with van der Waals surface area (Å²) in [4.78, 5) is 5.73. The van der Waals surface area contributed by atoms with E-state index >= 15 is 0 Å². The minimum Gasteiger partial charge on any atom is -0.496 e. The van der Waals surface area contributed by atoms with Gasteiger partial charge >= 0.3 is 0 Å². The first-order chi connectivity index (χ1) is 11.8. The summed E-state index contributed by atoms with van der Waals surface area (Å²) in [5, 5.41) is 9.01. The predicted molar refractivity (Wildman–Crippen MR) is 101 cm³/mol. The van der Waals surface area contributed by atoms with Crippen LogP contribution in [0.2, 0.25) is 0 Å². The monoisotopic (exact) mass is 343 g/mol. The average Bonchev–Trinajstić information content (AvgIpc) is 3.24. The minimum atomic E-state index is 0.179. The third-order valence-electron chi connectivity index (χ3n) is 4.59. The van der Waals surface area contributed by atoms with Crippen LogP contribution in [-0.4, -0.2) is 33.2 Å². The highest BCUT2D eigenvalue weighted by molar-refractivity contribution is 7.09. The van der Waals surface area contributed by atoms with Gasteiger partial charge in [0.2, 0.25) is 0 Å². The lowest BCUT2D eigenvalue weighted by Crippen LogP contribution is -2.42. The zero-order valence-electron chi connectivity index (χ0n) is 14.3. The van der Waals surface area contributed by atoms with Gasteiger partial charge in [0.1, 0.15) is 5.75 Å². The molecule has 1 aliphatic carbocycles. The van der Waals surface area contributed by atoms with Gasteiger partial charge < -0.3 is 15.4 Å². The molecular weight excluding hydrogens is 318 g/mol. The van der Waals surface area contributed by atoms with E-state index in [4.69, 9.17) is 4.74 Å². The van der Waals surface area contributed by atoms with E-state index in [0.717, 1.165) is 31.2 Å². The standard InChI is InChI=1S/C19H25N3OS/c1-20-18(21-12-9-15-6-5-13-24-15)22-14-19(10-11-19)16-7-3-4-8-17(16)23-2/h3-8,13H,9-12,14H2,1-2H3,(H2,20,21,22). The molecule has 0 radical (unpaired) electrons. The van der Waals surface area contributed by atoms with Crippen molar-refractivity contribution < 1.29 is 4.74 Å². The van der Waals surface area contributed by atoms with Crippen molar-refractivity contribution in [2.75, 3.05) is 27.2 Å². The molecule has 1 fully saturated rings. The number of methoxy groups -OCH3 is 1. The van der Waals surface area contributed by atoms with Crippen molar-refractivity contribution in [3.05, 3.63) is 52.2 Å². The number of nitrogens with zero attached hydrogens (tertiary/aromatic N) is 1. The van der Waals surface area contributed by atoms with Crippen LogP contribution in [0.4, 0.5) is 0 Å². The molecule has 1 aliphatic rings. The summed E-state index contributed by atoms with van der Waals surface area (Å²) < 4.78 is 5.54. The summed E-state index contributed by atoms with van der Waals surface area (Å²) in [6, 6.07) is 12.6. The second-order valence-corrected chi connectivity index (χ2v) is 7.19. The number of rotatable bonds is 7. The van der Waals surface area contributed by atoms with Crippen molar-refractivity contribution in [1.82, 2.24) is 10.6 Å². The summed E-state index contributed by atoms with van der Waals surface area (Å²) in [5.74, 6) is 1.85. The maximum Gasteiger partial charge on any atom is 0.191 e. The Morgan fingerprint density at radius 3 is 2.71 bits per heavy atom. The van der Waals surface area contributed by atoms with Crippen LogP contribution >= 0.6 is 11.3 Å². The van der Waals surface area contributed by atoms with Gasteiger partial charge in [-0.3, -0.25) is 4.99 Å². The maximum atomic E-state index is 5.54. The Kier molecular flexibility index (Phi) is 5.41. The fourth-order valence-corrected chi connectivity index (χ4v) is 3.72. The fourth-order valence-electron chi connectivity index (χ4n) is 3.01. The minimum absolute atomic E-state index is 0.179. The highest BCUT2D eigenvalue weighted by Crippen LogP contribution is 2.50. The van der Waals surface area contributed by atoms with E-state index in [0.29, 0.717) is 0 Å². The summed E-state index contributed by atoms with van der Waals surface area (Å²) in [7, 11) is 3.57. The lowest BCUT2D eigenvalue weighted by atomic mass is 9.95. The largest absolute Gasteiger partial charge is 0.496 e. The molecule has 4 nitrogen and oxygen atoms in total. The number of thiophene rings is 1. The van der Waals surface area contributed by atoms with Crippen molar-refractivity contribution in [2.45, 2.75) is 24.7 Å². The molecule has 1 aromatic heterocycles. The molecule has 0 unspecified atom stereocenters. The number of aliphatic imine (C=N–C) groups is 1. The lowest BCUT2D eigenvalue weighted by Gasteiger charge is -2.21. The Hall–Kier alpha value is -2.01. The van der Waals surface area contributed by atoms with Gasteiger partial charge in [-0.15, -0.1) is 11.3 Å². The molecule has 0 bridgehead atoms. The number of ether oxygens (including phenoxy) is 1. The number of guanidine groups is 1. The normalized spacial score (nSPS) is 15.8. The van der Waals surface area contributed by atoms with Gasteiger partial charge in [0.25, 0.3) is 0 Å².